The highest BCUT2D eigenvalue weighted by Crippen LogP contribution is 2.17. The molecule has 0 saturated carbocycles. The third kappa shape index (κ3) is 5.69. The quantitative estimate of drug-likeness (QED) is 0.667. The van der Waals surface area contributed by atoms with Crippen molar-refractivity contribution in [3.05, 3.63) is 29.8 Å². The first-order valence-corrected chi connectivity index (χ1v) is 8.04. The Hall–Kier alpha value is -1.85. The van der Waals surface area contributed by atoms with Gasteiger partial charge < -0.3 is 15.0 Å². The highest BCUT2D eigenvalue weighted by Gasteiger charge is 2.18. The molecule has 0 amide bonds. The maximum absolute atomic E-state index is 12.2. The molecular weight excluding hydrogens is 300 g/mol. The third-order valence-electron chi connectivity index (χ3n) is 4.02. The van der Waals surface area contributed by atoms with Crippen LogP contribution in [0.2, 0.25) is 0 Å². The molecule has 2 rings (SSSR count). The van der Waals surface area contributed by atoms with Crippen LogP contribution in [0.5, 0.6) is 5.75 Å². The van der Waals surface area contributed by atoms with Gasteiger partial charge in [0.15, 0.2) is 5.96 Å². The van der Waals surface area contributed by atoms with Crippen LogP contribution in [0.3, 0.4) is 0 Å². The van der Waals surface area contributed by atoms with Crippen molar-refractivity contribution in [2.24, 2.45) is 10.9 Å². The summed E-state index contributed by atoms with van der Waals surface area (Å²) in [6, 6.07) is 7.21. The topological polar surface area (TPSA) is 36.9 Å². The van der Waals surface area contributed by atoms with E-state index in [4.69, 9.17) is 4.74 Å². The number of hydrogen-bond acceptors (Lipinski definition) is 2. The smallest absolute Gasteiger partial charge is 0.272 e. The normalized spacial score (nSPS) is 16.7. The minimum atomic E-state index is -2.46. The van der Waals surface area contributed by atoms with Gasteiger partial charge in [0.25, 0.3) is 6.43 Å². The summed E-state index contributed by atoms with van der Waals surface area (Å²) in [5.41, 5.74) is 0.975. The van der Waals surface area contributed by atoms with Gasteiger partial charge in [0.05, 0.1) is 0 Å². The molecule has 6 heteroatoms. The minimum absolute atomic E-state index is 0.464. The number of rotatable bonds is 5. The summed E-state index contributed by atoms with van der Waals surface area (Å²) >= 11 is 0. The van der Waals surface area contributed by atoms with Crippen molar-refractivity contribution >= 4 is 5.96 Å². The second-order valence-electron chi connectivity index (χ2n) is 5.92. The van der Waals surface area contributed by atoms with Gasteiger partial charge in [-0.3, -0.25) is 4.99 Å². The van der Waals surface area contributed by atoms with E-state index in [1.54, 1.807) is 19.2 Å². The summed E-state index contributed by atoms with van der Waals surface area (Å²) < 4.78 is 29.4. The number of aliphatic imine (C=N–C) groups is 1. The molecule has 0 bridgehead atoms. The van der Waals surface area contributed by atoms with Gasteiger partial charge in [-0.25, -0.2) is 8.78 Å². The molecular formula is C17H25F2N3O. The number of hydrogen-bond donors (Lipinski definition) is 1. The Kier molecular flexibility index (Phi) is 6.62. The van der Waals surface area contributed by atoms with Crippen LogP contribution < -0.4 is 10.1 Å². The monoisotopic (exact) mass is 325 g/mol. The van der Waals surface area contributed by atoms with Crippen molar-refractivity contribution < 1.29 is 13.5 Å². The predicted octanol–water partition coefficient (Wildman–Crippen LogP) is 3.14. The fraction of sp³-hybridized carbons (Fsp3) is 0.588. The van der Waals surface area contributed by atoms with Gasteiger partial charge in [0, 0.05) is 26.7 Å². The summed E-state index contributed by atoms with van der Waals surface area (Å²) in [6.07, 6.45) is -0.105. The number of guanidine groups is 1. The first-order chi connectivity index (χ1) is 11.1. The molecule has 1 saturated heterocycles. The maximum atomic E-state index is 12.2. The second-order valence-corrected chi connectivity index (χ2v) is 5.92. The number of nitrogens with zero attached hydrogens (tertiary/aromatic N) is 2. The van der Waals surface area contributed by atoms with Crippen molar-refractivity contribution in [1.82, 2.24) is 10.2 Å². The maximum Gasteiger partial charge on any atom is 0.272 e. The lowest BCUT2D eigenvalue weighted by molar-refractivity contribution is 0.0818. The molecule has 1 heterocycles. The Bertz CT molecular complexity index is 514. The first kappa shape index (κ1) is 17.5. The van der Waals surface area contributed by atoms with Crippen LogP contribution in [0, 0.1) is 5.92 Å². The average molecular weight is 325 g/mol. The van der Waals surface area contributed by atoms with Gasteiger partial charge in [0.2, 0.25) is 0 Å². The van der Waals surface area contributed by atoms with Gasteiger partial charge in [-0.1, -0.05) is 19.1 Å². The lowest BCUT2D eigenvalue weighted by Crippen LogP contribution is -2.45. The van der Waals surface area contributed by atoms with E-state index in [9.17, 15) is 8.78 Å². The Labute approximate surface area is 136 Å². The van der Waals surface area contributed by atoms with Gasteiger partial charge in [0.1, 0.15) is 12.4 Å². The van der Waals surface area contributed by atoms with Crippen molar-refractivity contribution in [2.45, 2.75) is 32.7 Å². The zero-order valence-corrected chi connectivity index (χ0v) is 13.8. The summed E-state index contributed by atoms with van der Waals surface area (Å²) in [6.45, 7) is 4.31. The van der Waals surface area contributed by atoms with Crippen molar-refractivity contribution in [3.63, 3.8) is 0 Å². The average Bonchev–Trinajstić information content (AvgIpc) is 2.55. The number of halogens is 2. The van der Waals surface area contributed by atoms with Crippen LogP contribution in [-0.4, -0.2) is 44.0 Å². The third-order valence-corrected chi connectivity index (χ3v) is 4.02. The molecule has 4 nitrogen and oxygen atoms in total. The molecule has 1 aliphatic heterocycles. The fourth-order valence-electron chi connectivity index (χ4n) is 2.64. The van der Waals surface area contributed by atoms with Gasteiger partial charge in [-0.15, -0.1) is 0 Å². The predicted molar refractivity (Wildman–Crippen MR) is 88.1 cm³/mol. The number of nitrogens with one attached hydrogen (secondary N) is 1. The molecule has 0 atom stereocenters. The summed E-state index contributed by atoms with van der Waals surface area (Å²) in [5.74, 6) is 2.12. The van der Waals surface area contributed by atoms with Crippen LogP contribution in [0.15, 0.2) is 29.3 Å². The van der Waals surface area contributed by atoms with E-state index in [0.717, 1.165) is 30.5 Å². The van der Waals surface area contributed by atoms with E-state index in [2.05, 4.69) is 22.1 Å². The molecule has 1 N–H and O–H groups in total. The first-order valence-electron chi connectivity index (χ1n) is 8.04. The van der Waals surface area contributed by atoms with Gasteiger partial charge >= 0.3 is 0 Å². The SMILES string of the molecule is CN=C(NCc1cccc(OCC(F)F)c1)N1CCC(C)CC1. The summed E-state index contributed by atoms with van der Waals surface area (Å²) in [4.78, 5) is 6.60. The number of ether oxygens (including phenoxy) is 1. The molecule has 23 heavy (non-hydrogen) atoms. The molecule has 0 radical (unpaired) electrons. The van der Waals surface area contributed by atoms with Crippen LogP contribution in [0.25, 0.3) is 0 Å². The summed E-state index contributed by atoms with van der Waals surface area (Å²) in [7, 11) is 1.78. The number of piperidine rings is 1. The van der Waals surface area contributed by atoms with E-state index in [0.29, 0.717) is 12.3 Å². The van der Waals surface area contributed by atoms with Crippen molar-refractivity contribution in [2.75, 3.05) is 26.7 Å². The highest BCUT2D eigenvalue weighted by molar-refractivity contribution is 5.79. The van der Waals surface area contributed by atoms with E-state index in [-0.39, 0.29) is 0 Å². The Morgan fingerprint density at radius 1 is 1.39 bits per heavy atom. The number of benzene rings is 1. The number of alkyl halides is 2. The Morgan fingerprint density at radius 2 is 2.13 bits per heavy atom. The van der Waals surface area contributed by atoms with Crippen LogP contribution in [0.4, 0.5) is 8.78 Å². The Balaban J connectivity index is 1.87. The lowest BCUT2D eigenvalue weighted by atomic mass is 10.00. The molecule has 0 aromatic heterocycles. The fourth-order valence-corrected chi connectivity index (χ4v) is 2.64. The minimum Gasteiger partial charge on any atom is -0.488 e. The Morgan fingerprint density at radius 3 is 2.78 bits per heavy atom. The summed E-state index contributed by atoms with van der Waals surface area (Å²) in [5, 5.41) is 3.33. The van der Waals surface area contributed by atoms with Crippen LogP contribution in [-0.2, 0) is 6.54 Å². The van der Waals surface area contributed by atoms with E-state index in [1.165, 1.54) is 12.8 Å². The van der Waals surface area contributed by atoms with E-state index in [1.807, 2.05) is 12.1 Å². The molecule has 128 valence electrons. The number of likely N-dealkylation sites (tertiary alicyclic amines) is 1. The second kappa shape index (κ2) is 8.70. The van der Waals surface area contributed by atoms with Gasteiger partial charge in [-0.05, 0) is 36.5 Å². The van der Waals surface area contributed by atoms with E-state index >= 15 is 0 Å². The molecule has 0 unspecified atom stereocenters. The lowest BCUT2D eigenvalue weighted by Gasteiger charge is -2.32. The zero-order valence-electron chi connectivity index (χ0n) is 13.8. The molecule has 1 aromatic rings. The molecule has 1 aliphatic rings. The van der Waals surface area contributed by atoms with Crippen molar-refractivity contribution in [1.29, 1.82) is 0 Å². The standard InChI is InChI=1S/C17H25F2N3O/c1-13-6-8-22(9-7-13)17(20-2)21-11-14-4-3-5-15(10-14)23-12-16(18)19/h3-5,10,13,16H,6-9,11-12H2,1-2H3,(H,20,21). The van der Waals surface area contributed by atoms with Crippen LogP contribution >= 0.6 is 0 Å². The van der Waals surface area contributed by atoms with Gasteiger partial charge in [-0.2, -0.15) is 0 Å². The largest absolute Gasteiger partial charge is 0.488 e. The zero-order chi connectivity index (χ0) is 16.7. The van der Waals surface area contributed by atoms with E-state index < -0.39 is 13.0 Å². The van der Waals surface area contributed by atoms with Crippen LogP contribution in [0.1, 0.15) is 25.3 Å². The van der Waals surface area contributed by atoms with Crippen molar-refractivity contribution in [3.8, 4) is 5.75 Å². The molecule has 0 spiro atoms. The molecule has 1 aromatic carbocycles. The molecule has 1 fully saturated rings. The molecule has 0 aliphatic carbocycles. The highest BCUT2D eigenvalue weighted by atomic mass is 19.3.